The van der Waals surface area contributed by atoms with Gasteiger partial charge in [0.25, 0.3) is 0 Å². The zero-order valence-electron chi connectivity index (χ0n) is 12.0. The number of imidazole rings is 1. The Bertz CT molecular complexity index is 708. The quantitative estimate of drug-likeness (QED) is 0.665. The van der Waals surface area contributed by atoms with E-state index in [4.69, 9.17) is 0 Å². The number of thiophene rings is 1. The summed E-state index contributed by atoms with van der Waals surface area (Å²) >= 11 is 1.78. The van der Waals surface area contributed by atoms with Crippen LogP contribution in [0.25, 0.3) is 21.8 Å². The first-order chi connectivity index (χ1) is 9.68. The molecule has 0 radical (unpaired) electrons. The minimum Gasteiger partial charge on any atom is -0.334 e. The van der Waals surface area contributed by atoms with E-state index in [9.17, 15) is 0 Å². The summed E-state index contributed by atoms with van der Waals surface area (Å²) in [6.45, 7) is 4.47. The van der Waals surface area contributed by atoms with Crippen LogP contribution in [0.4, 0.5) is 0 Å². The molecule has 0 unspecified atom stereocenters. The molecule has 3 heteroatoms. The Morgan fingerprint density at radius 3 is 2.60 bits per heavy atom. The zero-order valence-corrected chi connectivity index (χ0v) is 12.8. The van der Waals surface area contributed by atoms with E-state index in [1.165, 1.54) is 21.6 Å². The molecule has 2 nitrogen and oxygen atoms in total. The maximum absolute atomic E-state index is 4.57. The minimum absolute atomic E-state index is 0.474. The largest absolute Gasteiger partial charge is 0.334 e. The van der Waals surface area contributed by atoms with Crippen LogP contribution >= 0.6 is 11.3 Å². The van der Waals surface area contributed by atoms with Gasteiger partial charge in [0.15, 0.2) is 0 Å². The highest BCUT2D eigenvalue weighted by Gasteiger charge is 2.17. The van der Waals surface area contributed by atoms with Crippen molar-refractivity contribution in [2.45, 2.75) is 19.8 Å². The Kier molecular flexibility index (Phi) is 3.45. The molecule has 0 amide bonds. The van der Waals surface area contributed by atoms with Crippen molar-refractivity contribution in [1.82, 2.24) is 9.55 Å². The summed E-state index contributed by atoms with van der Waals surface area (Å²) in [5.41, 5.74) is 3.89. The number of hydrogen-bond acceptors (Lipinski definition) is 2. The van der Waals surface area contributed by atoms with Gasteiger partial charge >= 0.3 is 0 Å². The maximum Gasteiger partial charge on any atom is 0.140 e. The van der Waals surface area contributed by atoms with Crippen molar-refractivity contribution in [3.8, 4) is 21.8 Å². The van der Waals surface area contributed by atoms with Crippen LogP contribution in [0.5, 0.6) is 0 Å². The summed E-state index contributed by atoms with van der Waals surface area (Å²) in [6, 6.07) is 10.8. The molecule has 0 atom stereocenters. The molecule has 0 saturated carbocycles. The lowest BCUT2D eigenvalue weighted by molar-refractivity contribution is 0.858. The number of rotatable bonds is 3. The molecule has 20 heavy (non-hydrogen) atoms. The van der Waals surface area contributed by atoms with Gasteiger partial charge in [-0.2, -0.15) is 0 Å². The smallest absolute Gasteiger partial charge is 0.140 e. The monoisotopic (exact) mass is 282 g/mol. The van der Waals surface area contributed by atoms with Crippen LogP contribution in [-0.4, -0.2) is 9.55 Å². The average Bonchev–Trinajstić information content (AvgIpc) is 3.08. The molecule has 1 aromatic carbocycles. The van der Waals surface area contributed by atoms with Crippen LogP contribution in [-0.2, 0) is 7.05 Å². The molecule has 3 aromatic rings. The van der Waals surface area contributed by atoms with E-state index in [1.807, 2.05) is 12.4 Å². The lowest BCUT2D eigenvalue weighted by Gasteiger charge is -2.16. The molecule has 0 bridgehead atoms. The summed E-state index contributed by atoms with van der Waals surface area (Å²) in [5, 5.41) is 2.12. The molecular weight excluding hydrogens is 264 g/mol. The fraction of sp³-hybridized carbons (Fsp3) is 0.235. The molecule has 0 fully saturated rings. The minimum atomic E-state index is 0.474. The summed E-state index contributed by atoms with van der Waals surface area (Å²) in [7, 11) is 2.05. The fourth-order valence-electron chi connectivity index (χ4n) is 2.54. The molecule has 3 rings (SSSR count). The third-order valence-corrected chi connectivity index (χ3v) is 4.45. The van der Waals surface area contributed by atoms with Crippen molar-refractivity contribution in [3.05, 3.63) is 53.7 Å². The van der Waals surface area contributed by atoms with Crippen molar-refractivity contribution in [1.29, 1.82) is 0 Å². The SMILES string of the molecule is CC(C)c1cccc(-c2cccs2)c1-c1nccn1C. The van der Waals surface area contributed by atoms with Crippen LogP contribution in [0, 0.1) is 0 Å². The van der Waals surface area contributed by atoms with Gasteiger partial charge in [-0.1, -0.05) is 38.1 Å². The van der Waals surface area contributed by atoms with Crippen LogP contribution in [0.15, 0.2) is 48.1 Å². The Morgan fingerprint density at radius 1 is 1.15 bits per heavy atom. The van der Waals surface area contributed by atoms with Gasteiger partial charge in [-0.05, 0) is 22.9 Å². The first-order valence-corrected chi connectivity index (χ1v) is 7.71. The van der Waals surface area contributed by atoms with Gasteiger partial charge in [0.1, 0.15) is 5.82 Å². The molecule has 102 valence electrons. The van der Waals surface area contributed by atoms with Gasteiger partial charge in [0.2, 0.25) is 0 Å². The van der Waals surface area contributed by atoms with Gasteiger partial charge in [-0.3, -0.25) is 0 Å². The second-order valence-corrected chi connectivity index (χ2v) is 6.21. The summed E-state index contributed by atoms with van der Waals surface area (Å²) < 4.78 is 2.10. The molecule has 0 spiro atoms. The van der Waals surface area contributed by atoms with Crippen LogP contribution in [0.1, 0.15) is 25.3 Å². The second kappa shape index (κ2) is 5.25. The predicted molar refractivity (Wildman–Crippen MR) is 86.0 cm³/mol. The molecule has 0 aliphatic heterocycles. The van der Waals surface area contributed by atoms with Gasteiger partial charge < -0.3 is 4.57 Å². The van der Waals surface area contributed by atoms with Crippen molar-refractivity contribution >= 4 is 11.3 Å². The van der Waals surface area contributed by atoms with Crippen molar-refractivity contribution in [3.63, 3.8) is 0 Å². The molecule has 0 N–H and O–H groups in total. The Balaban J connectivity index is 2.31. The molecule has 0 aliphatic carbocycles. The number of aryl methyl sites for hydroxylation is 1. The Hall–Kier alpha value is -1.87. The van der Waals surface area contributed by atoms with Gasteiger partial charge in [0.05, 0.1) is 0 Å². The maximum atomic E-state index is 4.57. The van der Waals surface area contributed by atoms with Gasteiger partial charge in [-0.15, -0.1) is 11.3 Å². The van der Waals surface area contributed by atoms with Crippen LogP contribution in [0.2, 0.25) is 0 Å². The Labute approximate surface area is 123 Å². The number of aromatic nitrogens is 2. The lowest BCUT2D eigenvalue weighted by atomic mass is 9.92. The van der Waals surface area contributed by atoms with Crippen LogP contribution in [0.3, 0.4) is 0 Å². The molecule has 0 aliphatic rings. The van der Waals surface area contributed by atoms with E-state index in [1.54, 1.807) is 11.3 Å². The number of benzene rings is 1. The number of nitrogens with zero attached hydrogens (tertiary/aromatic N) is 2. The number of hydrogen-bond donors (Lipinski definition) is 0. The third-order valence-electron chi connectivity index (χ3n) is 3.55. The predicted octanol–water partition coefficient (Wildman–Crippen LogP) is 4.94. The summed E-state index contributed by atoms with van der Waals surface area (Å²) in [5.74, 6) is 1.51. The van der Waals surface area contributed by atoms with E-state index >= 15 is 0 Å². The van der Waals surface area contributed by atoms with E-state index in [2.05, 4.69) is 66.2 Å². The lowest BCUT2D eigenvalue weighted by Crippen LogP contribution is -2.00. The molecule has 2 aromatic heterocycles. The molecule has 2 heterocycles. The van der Waals surface area contributed by atoms with Gasteiger partial charge in [0, 0.05) is 35.4 Å². The summed E-state index contributed by atoms with van der Waals surface area (Å²) in [6.07, 6.45) is 3.87. The highest BCUT2D eigenvalue weighted by atomic mass is 32.1. The standard InChI is InChI=1S/C17H18N2S/c1-12(2)13-6-4-7-14(15-8-5-11-20-15)16(13)17-18-9-10-19(17)3/h4-12H,1-3H3. The molecule has 0 saturated heterocycles. The van der Waals surface area contributed by atoms with Crippen molar-refractivity contribution < 1.29 is 0 Å². The highest BCUT2D eigenvalue weighted by Crippen LogP contribution is 2.38. The van der Waals surface area contributed by atoms with Crippen molar-refractivity contribution in [2.24, 2.45) is 7.05 Å². The van der Waals surface area contributed by atoms with Gasteiger partial charge in [-0.25, -0.2) is 4.98 Å². The molecular formula is C17H18N2S. The Morgan fingerprint density at radius 2 is 2.00 bits per heavy atom. The van der Waals surface area contributed by atoms with Crippen molar-refractivity contribution in [2.75, 3.05) is 0 Å². The average molecular weight is 282 g/mol. The van der Waals surface area contributed by atoms with E-state index < -0.39 is 0 Å². The first kappa shape index (κ1) is 13.1. The first-order valence-electron chi connectivity index (χ1n) is 6.83. The van der Waals surface area contributed by atoms with E-state index in [0.29, 0.717) is 5.92 Å². The van der Waals surface area contributed by atoms with Crippen LogP contribution < -0.4 is 0 Å². The topological polar surface area (TPSA) is 17.8 Å². The fourth-order valence-corrected chi connectivity index (χ4v) is 3.30. The zero-order chi connectivity index (χ0) is 14.1. The summed E-state index contributed by atoms with van der Waals surface area (Å²) in [4.78, 5) is 5.86. The van der Waals surface area contributed by atoms with E-state index in [-0.39, 0.29) is 0 Å². The highest BCUT2D eigenvalue weighted by molar-refractivity contribution is 7.13. The second-order valence-electron chi connectivity index (χ2n) is 5.26. The van der Waals surface area contributed by atoms with E-state index in [0.717, 1.165) is 5.82 Å². The third kappa shape index (κ3) is 2.18. The normalized spacial score (nSPS) is 11.2.